The Hall–Kier alpha value is -0.820. The van der Waals surface area contributed by atoms with Gasteiger partial charge in [0.2, 0.25) is 0 Å². The molecule has 0 amide bonds. The van der Waals surface area contributed by atoms with Crippen molar-refractivity contribution in [1.29, 1.82) is 0 Å². The molecule has 0 unspecified atom stereocenters. The van der Waals surface area contributed by atoms with Crippen molar-refractivity contribution in [3.8, 4) is 0 Å². The van der Waals surface area contributed by atoms with E-state index in [0.717, 1.165) is 5.92 Å². The standard InChI is InChI=1S/C14H21N/c1-10(2)13-5-3-11(4-6-13)7-12-8-14(15)9-12/h3-6,10,12,14H,7-9,15H2,1-2H3. The first-order chi connectivity index (χ1) is 7.15. The lowest BCUT2D eigenvalue weighted by Gasteiger charge is -2.32. The van der Waals surface area contributed by atoms with E-state index in [1.165, 1.54) is 30.4 Å². The second-order valence-corrected chi connectivity index (χ2v) is 5.20. The van der Waals surface area contributed by atoms with E-state index in [9.17, 15) is 0 Å². The van der Waals surface area contributed by atoms with Gasteiger partial charge in [-0.2, -0.15) is 0 Å². The molecule has 82 valence electrons. The van der Waals surface area contributed by atoms with Gasteiger partial charge in [-0.1, -0.05) is 38.1 Å². The zero-order valence-corrected chi connectivity index (χ0v) is 9.74. The van der Waals surface area contributed by atoms with Crippen molar-refractivity contribution in [1.82, 2.24) is 0 Å². The molecule has 0 spiro atoms. The summed E-state index contributed by atoms with van der Waals surface area (Å²) in [4.78, 5) is 0. The van der Waals surface area contributed by atoms with Crippen LogP contribution in [0.25, 0.3) is 0 Å². The minimum absolute atomic E-state index is 0.477. The van der Waals surface area contributed by atoms with E-state index in [4.69, 9.17) is 5.73 Å². The number of hydrogen-bond donors (Lipinski definition) is 1. The molecule has 0 aromatic heterocycles. The van der Waals surface area contributed by atoms with Crippen LogP contribution in [0.2, 0.25) is 0 Å². The van der Waals surface area contributed by atoms with Crippen LogP contribution in [0.1, 0.15) is 43.7 Å². The molecule has 0 radical (unpaired) electrons. The first kappa shape index (κ1) is 10.7. The van der Waals surface area contributed by atoms with Crippen molar-refractivity contribution in [2.45, 2.75) is 45.1 Å². The molecule has 0 atom stereocenters. The van der Waals surface area contributed by atoms with Crippen molar-refractivity contribution in [2.75, 3.05) is 0 Å². The molecule has 1 nitrogen and oxygen atoms in total. The highest BCUT2D eigenvalue weighted by Gasteiger charge is 2.25. The summed E-state index contributed by atoms with van der Waals surface area (Å²) in [7, 11) is 0. The third kappa shape index (κ3) is 2.60. The van der Waals surface area contributed by atoms with Crippen molar-refractivity contribution in [3.63, 3.8) is 0 Å². The molecule has 1 aliphatic rings. The van der Waals surface area contributed by atoms with Gasteiger partial charge in [0.25, 0.3) is 0 Å². The molecule has 1 fully saturated rings. The molecule has 15 heavy (non-hydrogen) atoms. The van der Waals surface area contributed by atoms with Gasteiger partial charge in [-0.15, -0.1) is 0 Å². The predicted octanol–water partition coefficient (Wildman–Crippen LogP) is 3.09. The maximum absolute atomic E-state index is 5.79. The highest BCUT2D eigenvalue weighted by atomic mass is 14.7. The Kier molecular flexibility index (Phi) is 3.11. The summed E-state index contributed by atoms with van der Waals surface area (Å²) in [6.45, 7) is 4.47. The monoisotopic (exact) mass is 203 g/mol. The van der Waals surface area contributed by atoms with Crippen molar-refractivity contribution < 1.29 is 0 Å². The summed E-state index contributed by atoms with van der Waals surface area (Å²) in [5, 5.41) is 0. The zero-order valence-electron chi connectivity index (χ0n) is 9.74. The molecule has 0 bridgehead atoms. The van der Waals surface area contributed by atoms with Gasteiger partial charge in [-0.3, -0.25) is 0 Å². The maximum atomic E-state index is 5.79. The third-order valence-corrected chi connectivity index (χ3v) is 3.44. The zero-order chi connectivity index (χ0) is 10.8. The Morgan fingerprint density at radius 3 is 2.27 bits per heavy atom. The van der Waals surface area contributed by atoms with Crippen LogP contribution in [0, 0.1) is 5.92 Å². The Bertz CT molecular complexity index is 307. The minimum Gasteiger partial charge on any atom is -0.328 e. The Morgan fingerprint density at radius 1 is 1.20 bits per heavy atom. The fraction of sp³-hybridized carbons (Fsp3) is 0.571. The van der Waals surface area contributed by atoms with Gasteiger partial charge in [0.05, 0.1) is 0 Å². The molecule has 1 heteroatoms. The number of benzene rings is 1. The Morgan fingerprint density at radius 2 is 1.80 bits per heavy atom. The first-order valence-corrected chi connectivity index (χ1v) is 5.99. The van der Waals surface area contributed by atoms with Gasteiger partial charge in [0, 0.05) is 6.04 Å². The largest absolute Gasteiger partial charge is 0.328 e. The molecular formula is C14H21N. The molecule has 0 heterocycles. The summed E-state index contributed by atoms with van der Waals surface area (Å²) in [6.07, 6.45) is 3.64. The van der Waals surface area contributed by atoms with E-state index in [2.05, 4.69) is 38.1 Å². The quantitative estimate of drug-likeness (QED) is 0.802. The van der Waals surface area contributed by atoms with Gasteiger partial charge < -0.3 is 5.73 Å². The number of hydrogen-bond acceptors (Lipinski definition) is 1. The Labute approximate surface area is 92.7 Å². The summed E-state index contributed by atoms with van der Waals surface area (Å²) in [6, 6.07) is 9.56. The van der Waals surface area contributed by atoms with E-state index < -0.39 is 0 Å². The van der Waals surface area contributed by atoms with Gasteiger partial charge in [-0.05, 0) is 42.2 Å². The van der Waals surface area contributed by atoms with E-state index in [-0.39, 0.29) is 0 Å². The van der Waals surface area contributed by atoms with Crippen LogP contribution >= 0.6 is 0 Å². The predicted molar refractivity (Wildman–Crippen MR) is 64.9 cm³/mol. The topological polar surface area (TPSA) is 26.0 Å². The van der Waals surface area contributed by atoms with Gasteiger partial charge in [0.1, 0.15) is 0 Å². The number of nitrogens with two attached hydrogens (primary N) is 1. The van der Waals surface area contributed by atoms with Gasteiger partial charge in [0.15, 0.2) is 0 Å². The number of rotatable bonds is 3. The molecule has 2 rings (SSSR count). The van der Waals surface area contributed by atoms with E-state index >= 15 is 0 Å². The lowest BCUT2D eigenvalue weighted by molar-refractivity contribution is 0.264. The third-order valence-electron chi connectivity index (χ3n) is 3.44. The lowest BCUT2D eigenvalue weighted by atomic mass is 9.77. The molecule has 1 aromatic carbocycles. The summed E-state index contributed by atoms with van der Waals surface area (Å²) in [5.41, 5.74) is 8.69. The van der Waals surface area contributed by atoms with Crippen molar-refractivity contribution in [3.05, 3.63) is 35.4 Å². The summed E-state index contributed by atoms with van der Waals surface area (Å²) < 4.78 is 0. The normalized spacial score (nSPS) is 25.3. The molecular weight excluding hydrogens is 182 g/mol. The molecule has 2 N–H and O–H groups in total. The van der Waals surface area contributed by atoms with Crippen molar-refractivity contribution >= 4 is 0 Å². The van der Waals surface area contributed by atoms with Crippen molar-refractivity contribution in [2.24, 2.45) is 11.7 Å². The lowest BCUT2D eigenvalue weighted by Crippen LogP contribution is -2.37. The molecule has 1 aromatic rings. The fourth-order valence-corrected chi connectivity index (χ4v) is 2.33. The molecule has 0 aliphatic heterocycles. The van der Waals surface area contributed by atoms with Crippen LogP contribution < -0.4 is 5.73 Å². The minimum atomic E-state index is 0.477. The average Bonchev–Trinajstić information content (AvgIpc) is 2.16. The van der Waals surface area contributed by atoms with Crippen LogP contribution in [-0.4, -0.2) is 6.04 Å². The fourth-order valence-electron chi connectivity index (χ4n) is 2.33. The van der Waals surface area contributed by atoms with Crippen LogP contribution in [-0.2, 0) is 6.42 Å². The SMILES string of the molecule is CC(C)c1ccc(CC2CC(N)C2)cc1. The van der Waals surface area contributed by atoms with Crippen LogP contribution in [0.3, 0.4) is 0 Å². The summed E-state index contributed by atoms with van der Waals surface area (Å²) >= 11 is 0. The van der Waals surface area contributed by atoms with Crippen LogP contribution in [0.5, 0.6) is 0 Å². The Balaban J connectivity index is 1.92. The second-order valence-electron chi connectivity index (χ2n) is 5.20. The van der Waals surface area contributed by atoms with E-state index in [1.807, 2.05) is 0 Å². The highest BCUT2D eigenvalue weighted by Crippen LogP contribution is 2.29. The molecule has 1 aliphatic carbocycles. The molecule has 0 saturated heterocycles. The summed E-state index contributed by atoms with van der Waals surface area (Å²) in [5.74, 6) is 1.47. The van der Waals surface area contributed by atoms with E-state index in [1.54, 1.807) is 0 Å². The highest BCUT2D eigenvalue weighted by molar-refractivity contribution is 5.25. The van der Waals surface area contributed by atoms with Gasteiger partial charge >= 0.3 is 0 Å². The maximum Gasteiger partial charge on any atom is 0.00443 e. The smallest absolute Gasteiger partial charge is 0.00443 e. The molecule has 1 saturated carbocycles. The van der Waals surface area contributed by atoms with Gasteiger partial charge in [-0.25, -0.2) is 0 Å². The average molecular weight is 203 g/mol. The second kappa shape index (κ2) is 4.36. The van der Waals surface area contributed by atoms with E-state index in [0.29, 0.717) is 12.0 Å². The van der Waals surface area contributed by atoms with Crippen LogP contribution in [0.15, 0.2) is 24.3 Å². The first-order valence-electron chi connectivity index (χ1n) is 5.99. The van der Waals surface area contributed by atoms with Crippen LogP contribution in [0.4, 0.5) is 0 Å².